The summed E-state index contributed by atoms with van der Waals surface area (Å²) in [6.07, 6.45) is 0.397. The van der Waals surface area contributed by atoms with E-state index in [1.807, 2.05) is 6.07 Å². The van der Waals surface area contributed by atoms with Crippen molar-refractivity contribution in [2.75, 3.05) is 23.1 Å². The van der Waals surface area contributed by atoms with Crippen molar-refractivity contribution in [1.82, 2.24) is 4.98 Å². The number of hydrogen-bond acceptors (Lipinski definition) is 5. The number of carbonyl (C=O) groups excluding carboxylic acids is 2. The van der Waals surface area contributed by atoms with Gasteiger partial charge in [-0.2, -0.15) is 0 Å². The Morgan fingerprint density at radius 2 is 1.73 bits per heavy atom. The van der Waals surface area contributed by atoms with Crippen molar-refractivity contribution in [3.63, 3.8) is 0 Å². The van der Waals surface area contributed by atoms with Crippen molar-refractivity contribution >= 4 is 50.0 Å². The van der Waals surface area contributed by atoms with Gasteiger partial charge in [-0.05, 0) is 42.5 Å². The summed E-state index contributed by atoms with van der Waals surface area (Å²) in [6.45, 7) is 1.78. The number of anilines is 3. The molecule has 0 radical (unpaired) electrons. The Labute approximate surface area is 154 Å². The second kappa shape index (κ2) is 7.83. The van der Waals surface area contributed by atoms with Crippen LogP contribution >= 0.6 is 11.3 Å². The standard InChI is InChI=1S/C18H18N4O3S/c1-3-16(23)22-18-21-14-10-12(6-9-15(14)26-18)20-17(24)19-11-4-7-13(25-2)8-5-11/h4-10H,3H2,1-2H3,(H2,19,20,24)(H,21,22,23). The molecule has 0 aliphatic rings. The Bertz CT molecular complexity index is 937. The Morgan fingerprint density at radius 1 is 1.04 bits per heavy atom. The van der Waals surface area contributed by atoms with E-state index in [2.05, 4.69) is 20.9 Å². The first-order valence-corrected chi connectivity index (χ1v) is 8.81. The third-order valence-electron chi connectivity index (χ3n) is 3.56. The molecule has 26 heavy (non-hydrogen) atoms. The van der Waals surface area contributed by atoms with E-state index >= 15 is 0 Å². The predicted octanol–water partition coefficient (Wildman–Crippen LogP) is 4.30. The number of fused-ring (bicyclic) bond motifs is 1. The third-order valence-corrected chi connectivity index (χ3v) is 4.51. The number of methoxy groups -OCH3 is 1. The number of hydrogen-bond donors (Lipinski definition) is 3. The van der Waals surface area contributed by atoms with Crippen molar-refractivity contribution < 1.29 is 14.3 Å². The fourth-order valence-corrected chi connectivity index (χ4v) is 3.10. The van der Waals surface area contributed by atoms with Crippen molar-refractivity contribution in [2.24, 2.45) is 0 Å². The van der Waals surface area contributed by atoms with Crippen LogP contribution in [0.3, 0.4) is 0 Å². The zero-order valence-electron chi connectivity index (χ0n) is 14.3. The second-order valence-corrected chi connectivity index (χ2v) is 6.44. The lowest BCUT2D eigenvalue weighted by Gasteiger charge is -2.08. The SMILES string of the molecule is CCC(=O)Nc1nc2cc(NC(=O)Nc3ccc(OC)cc3)ccc2s1. The Balaban J connectivity index is 1.67. The van der Waals surface area contributed by atoms with Gasteiger partial charge in [-0.3, -0.25) is 4.79 Å². The highest BCUT2D eigenvalue weighted by Gasteiger charge is 2.09. The first-order valence-electron chi connectivity index (χ1n) is 8.00. The number of urea groups is 1. The van der Waals surface area contributed by atoms with Crippen LogP contribution < -0.4 is 20.7 Å². The molecule has 0 aliphatic heterocycles. The van der Waals surface area contributed by atoms with E-state index in [9.17, 15) is 9.59 Å². The maximum Gasteiger partial charge on any atom is 0.323 e. The van der Waals surface area contributed by atoms with Gasteiger partial charge in [0.05, 0.1) is 17.3 Å². The fraction of sp³-hybridized carbons (Fsp3) is 0.167. The van der Waals surface area contributed by atoms with Crippen LogP contribution in [0.2, 0.25) is 0 Å². The molecule has 1 heterocycles. The largest absolute Gasteiger partial charge is 0.497 e. The van der Waals surface area contributed by atoms with Crippen LogP contribution in [0.5, 0.6) is 5.75 Å². The molecule has 7 nitrogen and oxygen atoms in total. The van der Waals surface area contributed by atoms with E-state index in [1.54, 1.807) is 50.4 Å². The molecule has 3 N–H and O–H groups in total. The van der Waals surface area contributed by atoms with E-state index in [4.69, 9.17) is 4.74 Å². The molecule has 0 unspecified atom stereocenters. The number of nitrogens with one attached hydrogen (secondary N) is 3. The van der Waals surface area contributed by atoms with Crippen LogP contribution in [0.15, 0.2) is 42.5 Å². The minimum Gasteiger partial charge on any atom is -0.497 e. The summed E-state index contributed by atoms with van der Waals surface area (Å²) in [4.78, 5) is 28.0. The number of carbonyl (C=O) groups is 2. The van der Waals surface area contributed by atoms with Gasteiger partial charge in [-0.25, -0.2) is 9.78 Å². The number of aromatic nitrogens is 1. The van der Waals surface area contributed by atoms with Gasteiger partial charge in [0, 0.05) is 17.8 Å². The number of rotatable bonds is 5. The van der Waals surface area contributed by atoms with Crippen LogP contribution in [-0.2, 0) is 4.79 Å². The highest BCUT2D eigenvalue weighted by Crippen LogP contribution is 2.28. The van der Waals surface area contributed by atoms with Gasteiger partial charge in [0.2, 0.25) is 5.91 Å². The average molecular weight is 370 g/mol. The summed E-state index contributed by atoms with van der Waals surface area (Å²) >= 11 is 1.39. The molecule has 134 valence electrons. The smallest absolute Gasteiger partial charge is 0.323 e. The number of ether oxygens (including phenoxy) is 1. The molecule has 0 atom stereocenters. The van der Waals surface area contributed by atoms with Crippen molar-refractivity contribution in [3.05, 3.63) is 42.5 Å². The van der Waals surface area contributed by atoms with Crippen LogP contribution in [-0.4, -0.2) is 24.0 Å². The van der Waals surface area contributed by atoms with Crippen molar-refractivity contribution in [1.29, 1.82) is 0 Å². The molecule has 3 rings (SSSR count). The van der Waals surface area contributed by atoms with E-state index in [1.165, 1.54) is 11.3 Å². The minimum atomic E-state index is -0.357. The van der Waals surface area contributed by atoms with Crippen LogP contribution in [0.4, 0.5) is 21.3 Å². The zero-order chi connectivity index (χ0) is 18.5. The Kier molecular flexibility index (Phi) is 5.33. The lowest BCUT2D eigenvalue weighted by molar-refractivity contribution is -0.115. The van der Waals surface area contributed by atoms with E-state index in [0.29, 0.717) is 28.4 Å². The summed E-state index contributed by atoms with van der Waals surface area (Å²) in [5.41, 5.74) is 1.98. The quantitative estimate of drug-likeness (QED) is 0.624. The van der Waals surface area contributed by atoms with E-state index in [0.717, 1.165) is 10.4 Å². The third kappa shape index (κ3) is 4.28. The Hall–Kier alpha value is -3.13. The summed E-state index contributed by atoms with van der Waals surface area (Å²) in [5, 5.41) is 8.81. The first kappa shape index (κ1) is 17.7. The number of benzene rings is 2. The zero-order valence-corrected chi connectivity index (χ0v) is 15.1. The molecule has 1 aromatic heterocycles. The monoisotopic (exact) mass is 370 g/mol. The number of amides is 3. The summed E-state index contributed by atoms with van der Waals surface area (Å²) < 4.78 is 6.01. The maximum atomic E-state index is 12.1. The molecular weight excluding hydrogens is 352 g/mol. The lowest BCUT2D eigenvalue weighted by atomic mass is 10.3. The summed E-state index contributed by atoms with van der Waals surface area (Å²) in [6, 6.07) is 12.1. The molecule has 2 aromatic carbocycles. The van der Waals surface area contributed by atoms with E-state index in [-0.39, 0.29) is 11.9 Å². The average Bonchev–Trinajstić information content (AvgIpc) is 3.03. The minimum absolute atomic E-state index is 0.0822. The van der Waals surface area contributed by atoms with Gasteiger partial charge in [-0.1, -0.05) is 18.3 Å². The molecule has 0 bridgehead atoms. The molecule has 3 amide bonds. The topological polar surface area (TPSA) is 92.4 Å². The van der Waals surface area contributed by atoms with Gasteiger partial charge in [0.15, 0.2) is 5.13 Å². The molecule has 8 heteroatoms. The van der Waals surface area contributed by atoms with Crippen molar-refractivity contribution in [3.8, 4) is 5.75 Å². The normalized spacial score (nSPS) is 10.4. The molecule has 0 saturated heterocycles. The van der Waals surface area contributed by atoms with Gasteiger partial charge < -0.3 is 20.7 Å². The highest BCUT2D eigenvalue weighted by atomic mass is 32.1. The van der Waals surface area contributed by atoms with Crippen LogP contribution in [0, 0.1) is 0 Å². The second-order valence-electron chi connectivity index (χ2n) is 5.41. The summed E-state index contributed by atoms with van der Waals surface area (Å²) in [5.74, 6) is 0.636. The van der Waals surface area contributed by atoms with Gasteiger partial charge in [0.25, 0.3) is 0 Å². The molecular formula is C18H18N4O3S. The molecule has 0 aliphatic carbocycles. The Morgan fingerprint density at radius 3 is 2.42 bits per heavy atom. The highest BCUT2D eigenvalue weighted by molar-refractivity contribution is 7.22. The number of nitrogens with zero attached hydrogens (tertiary/aromatic N) is 1. The van der Waals surface area contributed by atoms with E-state index < -0.39 is 0 Å². The number of thiazole rings is 1. The molecule has 0 spiro atoms. The van der Waals surface area contributed by atoms with Gasteiger partial charge >= 0.3 is 6.03 Å². The molecule has 0 saturated carbocycles. The summed E-state index contributed by atoms with van der Waals surface area (Å²) in [7, 11) is 1.59. The van der Waals surface area contributed by atoms with Crippen molar-refractivity contribution in [2.45, 2.75) is 13.3 Å². The molecule has 3 aromatic rings. The molecule has 0 fully saturated rings. The lowest BCUT2D eigenvalue weighted by Crippen LogP contribution is -2.19. The van der Waals surface area contributed by atoms with Crippen LogP contribution in [0.25, 0.3) is 10.2 Å². The first-order chi connectivity index (χ1) is 12.6. The fourth-order valence-electron chi connectivity index (χ4n) is 2.23. The maximum absolute atomic E-state index is 12.1. The van der Waals surface area contributed by atoms with Gasteiger partial charge in [-0.15, -0.1) is 0 Å². The van der Waals surface area contributed by atoms with Gasteiger partial charge in [0.1, 0.15) is 5.75 Å². The predicted molar refractivity (Wildman–Crippen MR) is 104 cm³/mol. The van der Waals surface area contributed by atoms with Crippen LogP contribution in [0.1, 0.15) is 13.3 Å².